The summed E-state index contributed by atoms with van der Waals surface area (Å²) in [5, 5.41) is 11.5. The SMILES string of the molecule is CCNC(=O)c1ccc(NC(/C=C/c2nccs2)=C(\N)C(=O)NC2CC2)cc1. The molecule has 146 valence electrons. The zero-order chi connectivity index (χ0) is 19.9. The largest absolute Gasteiger partial charge is 0.393 e. The van der Waals surface area contributed by atoms with Crippen LogP contribution in [0.2, 0.25) is 0 Å². The number of anilines is 1. The van der Waals surface area contributed by atoms with Crippen molar-refractivity contribution in [1.82, 2.24) is 15.6 Å². The molecule has 0 atom stereocenters. The van der Waals surface area contributed by atoms with E-state index in [1.165, 1.54) is 11.3 Å². The van der Waals surface area contributed by atoms with Crippen molar-refractivity contribution < 1.29 is 9.59 Å². The van der Waals surface area contributed by atoms with Crippen LogP contribution in [0.5, 0.6) is 0 Å². The lowest BCUT2D eigenvalue weighted by molar-refractivity contribution is -0.117. The van der Waals surface area contributed by atoms with Crippen LogP contribution in [0.15, 0.2) is 53.3 Å². The molecule has 1 aromatic heterocycles. The standard InChI is InChI=1S/C20H23N5O2S/c1-2-22-19(26)13-3-5-14(6-4-13)24-16(9-10-17-23-11-12-28-17)18(21)20(27)25-15-7-8-15/h3-6,9-12,15,24H,2,7-8,21H2,1H3,(H,22,26)(H,25,27)/b10-9+,18-16-. The van der Waals surface area contributed by atoms with Gasteiger partial charge in [-0.05, 0) is 56.2 Å². The minimum atomic E-state index is -0.298. The molecule has 5 N–H and O–H groups in total. The first kappa shape index (κ1) is 19.6. The topological polar surface area (TPSA) is 109 Å². The minimum Gasteiger partial charge on any atom is -0.393 e. The molecule has 0 aliphatic heterocycles. The summed E-state index contributed by atoms with van der Waals surface area (Å²) in [4.78, 5) is 28.5. The molecular weight excluding hydrogens is 374 g/mol. The van der Waals surface area contributed by atoms with Crippen molar-refractivity contribution in [2.24, 2.45) is 5.73 Å². The molecule has 1 aliphatic rings. The van der Waals surface area contributed by atoms with E-state index >= 15 is 0 Å². The number of hydrogen-bond donors (Lipinski definition) is 4. The van der Waals surface area contributed by atoms with Gasteiger partial charge in [-0.1, -0.05) is 0 Å². The second kappa shape index (κ2) is 9.18. The Bertz CT molecular complexity index is 884. The molecule has 28 heavy (non-hydrogen) atoms. The monoisotopic (exact) mass is 397 g/mol. The summed E-state index contributed by atoms with van der Waals surface area (Å²) in [6.45, 7) is 2.44. The fourth-order valence-corrected chi connectivity index (χ4v) is 2.94. The molecule has 1 heterocycles. The molecule has 7 nitrogen and oxygen atoms in total. The molecule has 0 saturated heterocycles. The fourth-order valence-electron chi connectivity index (χ4n) is 2.41. The van der Waals surface area contributed by atoms with E-state index in [9.17, 15) is 9.59 Å². The third-order valence-electron chi connectivity index (χ3n) is 4.05. The van der Waals surface area contributed by atoms with Crippen LogP contribution in [0, 0.1) is 0 Å². The van der Waals surface area contributed by atoms with E-state index in [4.69, 9.17) is 5.73 Å². The number of nitrogens with two attached hydrogens (primary N) is 1. The van der Waals surface area contributed by atoms with Crippen LogP contribution in [0.4, 0.5) is 5.69 Å². The Labute approximate surface area is 167 Å². The second-order valence-electron chi connectivity index (χ2n) is 6.34. The first-order valence-electron chi connectivity index (χ1n) is 9.10. The maximum Gasteiger partial charge on any atom is 0.269 e. The Morgan fingerprint density at radius 3 is 2.64 bits per heavy atom. The van der Waals surface area contributed by atoms with Gasteiger partial charge >= 0.3 is 0 Å². The smallest absolute Gasteiger partial charge is 0.269 e. The van der Waals surface area contributed by atoms with Gasteiger partial charge in [-0.25, -0.2) is 4.98 Å². The molecular formula is C20H23N5O2S. The summed E-state index contributed by atoms with van der Waals surface area (Å²) in [6.07, 6.45) is 7.21. The highest BCUT2D eigenvalue weighted by atomic mass is 32.1. The number of nitrogens with zero attached hydrogens (tertiary/aromatic N) is 1. The van der Waals surface area contributed by atoms with Gasteiger partial charge < -0.3 is 21.7 Å². The Morgan fingerprint density at radius 2 is 2.04 bits per heavy atom. The summed E-state index contributed by atoms with van der Waals surface area (Å²) in [5.41, 5.74) is 7.97. The minimum absolute atomic E-state index is 0.104. The van der Waals surface area contributed by atoms with E-state index < -0.39 is 0 Å². The van der Waals surface area contributed by atoms with E-state index in [-0.39, 0.29) is 23.6 Å². The van der Waals surface area contributed by atoms with E-state index in [1.807, 2.05) is 12.3 Å². The van der Waals surface area contributed by atoms with E-state index in [1.54, 1.807) is 42.6 Å². The predicted molar refractivity (Wildman–Crippen MR) is 112 cm³/mol. The molecule has 2 aromatic rings. The Hall–Kier alpha value is -3.13. The lowest BCUT2D eigenvalue weighted by atomic mass is 10.2. The summed E-state index contributed by atoms with van der Waals surface area (Å²) in [5.74, 6) is -0.426. The van der Waals surface area contributed by atoms with Crippen LogP contribution in [-0.2, 0) is 4.79 Å². The molecule has 2 amide bonds. The highest BCUT2D eigenvalue weighted by Crippen LogP contribution is 2.20. The summed E-state index contributed by atoms with van der Waals surface area (Å²) in [6, 6.07) is 7.19. The van der Waals surface area contributed by atoms with Crippen LogP contribution < -0.4 is 21.7 Å². The highest BCUT2D eigenvalue weighted by molar-refractivity contribution is 7.10. The molecule has 8 heteroatoms. The van der Waals surface area contributed by atoms with Gasteiger partial charge in [0.15, 0.2) is 0 Å². The molecule has 1 aliphatic carbocycles. The fraction of sp³-hybridized carbons (Fsp3) is 0.250. The molecule has 1 saturated carbocycles. The lowest BCUT2D eigenvalue weighted by Gasteiger charge is -2.12. The van der Waals surface area contributed by atoms with Gasteiger partial charge in [-0.15, -0.1) is 11.3 Å². The van der Waals surface area contributed by atoms with Gasteiger partial charge in [0, 0.05) is 35.4 Å². The molecule has 0 radical (unpaired) electrons. The van der Waals surface area contributed by atoms with Crippen LogP contribution in [0.3, 0.4) is 0 Å². The maximum absolute atomic E-state index is 12.4. The molecule has 3 rings (SSSR count). The number of aromatic nitrogens is 1. The van der Waals surface area contributed by atoms with Crippen molar-refractivity contribution in [3.05, 3.63) is 63.9 Å². The number of thiazole rings is 1. The number of carbonyl (C=O) groups is 2. The zero-order valence-electron chi connectivity index (χ0n) is 15.6. The van der Waals surface area contributed by atoms with Crippen molar-refractivity contribution in [3.8, 4) is 0 Å². The number of carbonyl (C=O) groups excluding carboxylic acids is 2. The summed E-state index contributed by atoms with van der Waals surface area (Å²) >= 11 is 1.49. The number of rotatable bonds is 8. The van der Waals surface area contributed by atoms with Gasteiger partial charge in [0.2, 0.25) is 0 Å². The van der Waals surface area contributed by atoms with Gasteiger partial charge in [0.05, 0.1) is 5.70 Å². The lowest BCUT2D eigenvalue weighted by Crippen LogP contribution is -2.32. The van der Waals surface area contributed by atoms with Crippen molar-refractivity contribution in [3.63, 3.8) is 0 Å². The normalized spacial score (nSPS) is 14.5. The molecule has 1 fully saturated rings. The number of nitrogens with one attached hydrogen (secondary N) is 3. The van der Waals surface area contributed by atoms with Gasteiger partial charge in [-0.2, -0.15) is 0 Å². The third kappa shape index (κ3) is 5.43. The number of amides is 2. The summed E-state index contributed by atoms with van der Waals surface area (Å²) in [7, 11) is 0. The quantitative estimate of drug-likeness (QED) is 0.404. The van der Waals surface area contributed by atoms with E-state index in [0.29, 0.717) is 23.5 Å². The van der Waals surface area contributed by atoms with E-state index in [0.717, 1.165) is 17.8 Å². The Kier molecular flexibility index (Phi) is 6.44. The Balaban J connectivity index is 1.79. The third-order valence-corrected chi connectivity index (χ3v) is 4.80. The molecule has 1 aromatic carbocycles. The van der Waals surface area contributed by atoms with Crippen molar-refractivity contribution in [2.75, 3.05) is 11.9 Å². The van der Waals surface area contributed by atoms with Gasteiger partial charge in [0.25, 0.3) is 11.8 Å². The Morgan fingerprint density at radius 1 is 1.29 bits per heavy atom. The number of hydrogen-bond acceptors (Lipinski definition) is 6. The molecule has 0 bridgehead atoms. The molecule has 0 spiro atoms. The first-order chi connectivity index (χ1) is 13.6. The average Bonchev–Trinajstić information content (AvgIpc) is 3.35. The predicted octanol–water partition coefficient (Wildman–Crippen LogP) is 2.47. The first-order valence-corrected chi connectivity index (χ1v) is 9.98. The van der Waals surface area contributed by atoms with Crippen LogP contribution in [-0.4, -0.2) is 29.4 Å². The van der Waals surface area contributed by atoms with Gasteiger partial charge in [0.1, 0.15) is 10.7 Å². The van der Waals surface area contributed by atoms with Crippen molar-refractivity contribution in [2.45, 2.75) is 25.8 Å². The number of benzene rings is 1. The van der Waals surface area contributed by atoms with Crippen LogP contribution in [0.1, 0.15) is 35.1 Å². The van der Waals surface area contributed by atoms with Crippen molar-refractivity contribution in [1.29, 1.82) is 0 Å². The second-order valence-corrected chi connectivity index (χ2v) is 7.27. The van der Waals surface area contributed by atoms with Crippen molar-refractivity contribution >= 4 is 34.9 Å². The zero-order valence-corrected chi connectivity index (χ0v) is 16.4. The maximum atomic E-state index is 12.4. The average molecular weight is 398 g/mol. The molecule has 0 unspecified atom stereocenters. The number of allylic oxidation sites excluding steroid dienone is 1. The highest BCUT2D eigenvalue weighted by Gasteiger charge is 2.24. The van der Waals surface area contributed by atoms with Crippen LogP contribution in [0.25, 0.3) is 6.08 Å². The van der Waals surface area contributed by atoms with Gasteiger partial charge in [-0.3, -0.25) is 9.59 Å². The van der Waals surface area contributed by atoms with Crippen LogP contribution >= 0.6 is 11.3 Å². The summed E-state index contributed by atoms with van der Waals surface area (Å²) < 4.78 is 0. The van der Waals surface area contributed by atoms with E-state index in [2.05, 4.69) is 20.9 Å².